The highest BCUT2D eigenvalue weighted by atomic mass is 32.1. The van der Waals surface area contributed by atoms with Crippen molar-refractivity contribution in [3.05, 3.63) is 30.0 Å². The van der Waals surface area contributed by atoms with E-state index in [1.54, 1.807) is 17.4 Å². The van der Waals surface area contributed by atoms with Gasteiger partial charge in [-0.25, -0.2) is 9.97 Å². The van der Waals surface area contributed by atoms with E-state index in [1.807, 2.05) is 12.1 Å². The Morgan fingerprint density at radius 3 is 2.39 bits per heavy atom. The normalized spacial score (nSPS) is 20.8. The Balaban J connectivity index is 1.30. The first-order valence-electron chi connectivity index (χ1n) is 13.5. The van der Waals surface area contributed by atoms with Crippen LogP contribution in [0.5, 0.6) is 0 Å². The zero-order chi connectivity index (χ0) is 24.5. The van der Waals surface area contributed by atoms with Crippen LogP contribution in [-0.2, 0) is 0 Å². The molecule has 9 heteroatoms. The fourth-order valence-electron chi connectivity index (χ4n) is 5.56. The molecule has 190 valence electrons. The maximum absolute atomic E-state index is 13.4. The van der Waals surface area contributed by atoms with Crippen molar-refractivity contribution < 1.29 is 4.79 Å². The number of hydrogen-bond donors (Lipinski definition) is 1. The SMILES string of the molecule is C[C@H]1CCN(c2cccc(C(=O)Nc3cc4sc(N5CCCCC5)nc4nc3N3CCCCC3)n2)C1. The third kappa shape index (κ3) is 4.85. The van der Waals surface area contributed by atoms with Crippen LogP contribution in [-0.4, -0.2) is 60.1 Å². The van der Waals surface area contributed by atoms with Gasteiger partial charge in [-0.2, -0.15) is 4.98 Å². The lowest BCUT2D eigenvalue weighted by Gasteiger charge is -2.29. The van der Waals surface area contributed by atoms with E-state index in [2.05, 4.69) is 33.0 Å². The highest BCUT2D eigenvalue weighted by Crippen LogP contribution is 2.36. The van der Waals surface area contributed by atoms with Crippen LogP contribution in [0.3, 0.4) is 0 Å². The van der Waals surface area contributed by atoms with E-state index >= 15 is 0 Å². The lowest BCUT2D eigenvalue weighted by atomic mass is 10.1. The monoisotopic (exact) mass is 505 g/mol. The van der Waals surface area contributed by atoms with Gasteiger partial charge in [0.15, 0.2) is 16.6 Å². The van der Waals surface area contributed by atoms with Crippen LogP contribution in [0.2, 0.25) is 0 Å². The number of piperidine rings is 2. The number of nitrogens with one attached hydrogen (secondary N) is 1. The van der Waals surface area contributed by atoms with E-state index < -0.39 is 0 Å². The Morgan fingerprint density at radius 1 is 0.917 bits per heavy atom. The summed E-state index contributed by atoms with van der Waals surface area (Å²) in [5.74, 6) is 2.17. The van der Waals surface area contributed by atoms with Gasteiger partial charge in [0.1, 0.15) is 11.5 Å². The van der Waals surface area contributed by atoms with E-state index in [0.29, 0.717) is 11.6 Å². The molecule has 3 saturated heterocycles. The van der Waals surface area contributed by atoms with Gasteiger partial charge in [-0.3, -0.25) is 4.79 Å². The molecule has 0 saturated carbocycles. The molecule has 0 radical (unpaired) electrons. The number of thiazole rings is 1. The number of aromatic nitrogens is 3. The second-order valence-corrected chi connectivity index (χ2v) is 11.5. The number of hydrogen-bond acceptors (Lipinski definition) is 8. The molecule has 0 aromatic carbocycles. The molecule has 0 aliphatic carbocycles. The molecule has 1 atom stereocenters. The average molecular weight is 506 g/mol. The van der Waals surface area contributed by atoms with Crippen molar-refractivity contribution in [2.24, 2.45) is 5.92 Å². The van der Waals surface area contributed by atoms with Crippen LogP contribution in [0.25, 0.3) is 10.3 Å². The smallest absolute Gasteiger partial charge is 0.274 e. The first-order valence-corrected chi connectivity index (χ1v) is 14.3. The number of carbonyl (C=O) groups is 1. The summed E-state index contributed by atoms with van der Waals surface area (Å²) in [4.78, 5) is 35.0. The molecule has 0 bridgehead atoms. The van der Waals surface area contributed by atoms with Gasteiger partial charge in [0.25, 0.3) is 5.91 Å². The van der Waals surface area contributed by atoms with Crippen LogP contribution >= 0.6 is 11.3 Å². The molecule has 8 nitrogen and oxygen atoms in total. The van der Waals surface area contributed by atoms with Gasteiger partial charge in [-0.1, -0.05) is 24.3 Å². The van der Waals surface area contributed by atoms with Gasteiger partial charge in [0.05, 0.1) is 10.4 Å². The maximum atomic E-state index is 13.4. The number of anilines is 4. The molecular weight excluding hydrogens is 470 g/mol. The van der Waals surface area contributed by atoms with E-state index in [-0.39, 0.29) is 5.91 Å². The summed E-state index contributed by atoms with van der Waals surface area (Å²) in [5, 5.41) is 4.21. The van der Waals surface area contributed by atoms with E-state index in [1.165, 1.54) is 25.7 Å². The summed E-state index contributed by atoms with van der Waals surface area (Å²) in [6.45, 7) is 8.25. The standard InChI is InChI=1S/C27H35N7OS/c1-19-11-16-34(18-19)23-10-8-9-20(28-23)26(35)29-21-17-22-24(30-25(21)32-12-4-2-5-13-32)31-27(36-22)33-14-6-3-7-15-33/h8-10,17,19H,2-7,11-16,18H2,1H3,(H,29,35)/t19-/m0/s1. The van der Waals surface area contributed by atoms with Crippen molar-refractivity contribution >= 4 is 50.0 Å². The molecule has 3 aromatic heterocycles. The largest absolute Gasteiger partial charge is 0.356 e. The van der Waals surface area contributed by atoms with Crippen molar-refractivity contribution in [1.29, 1.82) is 0 Å². The first-order chi connectivity index (χ1) is 17.6. The van der Waals surface area contributed by atoms with Gasteiger partial charge in [-0.05, 0) is 69.1 Å². The van der Waals surface area contributed by atoms with Crippen LogP contribution in [0.1, 0.15) is 62.4 Å². The quantitative estimate of drug-likeness (QED) is 0.513. The summed E-state index contributed by atoms with van der Waals surface area (Å²) in [6, 6.07) is 7.80. The number of fused-ring (bicyclic) bond motifs is 1. The number of nitrogens with zero attached hydrogens (tertiary/aromatic N) is 6. The highest BCUT2D eigenvalue weighted by molar-refractivity contribution is 7.22. The Labute approximate surface area is 216 Å². The molecule has 6 rings (SSSR count). The van der Waals surface area contributed by atoms with Crippen LogP contribution in [0, 0.1) is 5.92 Å². The molecular formula is C27H35N7OS. The summed E-state index contributed by atoms with van der Waals surface area (Å²) in [5.41, 5.74) is 1.97. The molecule has 3 aromatic rings. The fraction of sp³-hybridized carbons (Fsp3) is 0.556. The van der Waals surface area contributed by atoms with Crippen LogP contribution in [0.4, 0.5) is 22.5 Å². The molecule has 1 N–H and O–H groups in total. The zero-order valence-corrected chi connectivity index (χ0v) is 21.9. The lowest BCUT2D eigenvalue weighted by Crippen LogP contribution is -2.31. The van der Waals surface area contributed by atoms with Crippen molar-refractivity contribution in [3.8, 4) is 0 Å². The summed E-state index contributed by atoms with van der Waals surface area (Å²) < 4.78 is 1.01. The molecule has 0 spiro atoms. The highest BCUT2D eigenvalue weighted by Gasteiger charge is 2.24. The van der Waals surface area contributed by atoms with Gasteiger partial charge < -0.3 is 20.0 Å². The molecule has 3 aliphatic heterocycles. The Morgan fingerprint density at radius 2 is 1.67 bits per heavy atom. The lowest BCUT2D eigenvalue weighted by molar-refractivity contribution is 0.102. The van der Waals surface area contributed by atoms with Gasteiger partial charge in [-0.15, -0.1) is 0 Å². The second-order valence-electron chi connectivity index (χ2n) is 10.4. The molecule has 0 unspecified atom stereocenters. The number of rotatable bonds is 5. The predicted octanol–water partition coefficient (Wildman–Crippen LogP) is 5.17. The van der Waals surface area contributed by atoms with Crippen molar-refractivity contribution in [2.75, 3.05) is 59.3 Å². The minimum absolute atomic E-state index is 0.190. The number of amides is 1. The molecule has 3 aliphatic rings. The second kappa shape index (κ2) is 10.2. The van der Waals surface area contributed by atoms with E-state index in [0.717, 1.165) is 91.3 Å². The summed E-state index contributed by atoms with van der Waals surface area (Å²) in [6.07, 6.45) is 8.40. The average Bonchev–Trinajstić information content (AvgIpc) is 3.55. The maximum Gasteiger partial charge on any atom is 0.274 e. The minimum atomic E-state index is -0.190. The third-order valence-electron chi connectivity index (χ3n) is 7.60. The van der Waals surface area contributed by atoms with Gasteiger partial charge in [0.2, 0.25) is 0 Å². The number of carbonyl (C=O) groups excluding carboxylic acids is 1. The predicted molar refractivity (Wildman–Crippen MR) is 148 cm³/mol. The Bertz CT molecular complexity index is 1230. The van der Waals surface area contributed by atoms with Gasteiger partial charge in [0, 0.05) is 39.3 Å². The molecule has 36 heavy (non-hydrogen) atoms. The molecule has 3 fully saturated rings. The van der Waals surface area contributed by atoms with Crippen molar-refractivity contribution in [2.45, 2.75) is 51.9 Å². The van der Waals surface area contributed by atoms with Crippen LogP contribution in [0.15, 0.2) is 24.3 Å². The van der Waals surface area contributed by atoms with Gasteiger partial charge >= 0.3 is 0 Å². The summed E-state index contributed by atoms with van der Waals surface area (Å²) >= 11 is 1.68. The third-order valence-corrected chi connectivity index (χ3v) is 8.65. The Kier molecular flexibility index (Phi) is 6.65. The molecule has 1 amide bonds. The zero-order valence-electron chi connectivity index (χ0n) is 21.1. The fourth-order valence-corrected chi connectivity index (χ4v) is 6.56. The topological polar surface area (TPSA) is 77.5 Å². The van der Waals surface area contributed by atoms with Crippen LogP contribution < -0.4 is 20.0 Å². The van der Waals surface area contributed by atoms with Crippen molar-refractivity contribution in [1.82, 2.24) is 15.0 Å². The van der Waals surface area contributed by atoms with E-state index in [4.69, 9.17) is 15.0 Å². The Hall–Kier alpha value is -2.94. The molecule has 6 heterocycles. The minimum Gasteiger partial charge on any atom is -0.356 e. The number of pyridine rings is 2. The summed E-state index contributed by atoms with van der Waals surface area (Å²) in [7, 11) is 0. The van der Waals surface area contributed by atoms with Crippen molar-refractivity contribution in [3.63, 3.8) is 0 Å². The van der Waals surface area contributed by atoms with E-state index in [9.17, 15) is 4.79 Å². The first kappa shape index (κ1) is 23.5.